The molecule has 0 N–H and O–H groups in total. The zero-order chi connectivity index (χ0) is 21.4. The summed E-state index contributed by atoms with van der Waals surface area (Å²) < 4.78 is 27.8. The fourth-order valence-electron chi connectivity index (χ4n) is 3.55. The van der Waals surface area contributed by atoms with Gasteiger partial charge in [0.25, 0.3) is 15.9 Å². The molecule has 10 heteroatoms. The largest absolute Gasteiger partial charge is 0.271 e. The highest BCUT2D eigenvalue weighted by Crippen LogP contribution is 2.40. The highest BCUT2D eigenvalue weighted by atomic mass is 32.2. The highest BCUT2D eigenvalue weighted by molar-refractivity contribution is 7.91. The maximum absolute atomic E-state index is 13.3. The van der Waals surface area contributed by atoms with Crippen molar-refractivity contribution in [1.29, 1.82) is 0 Å². The molecule has 5 rings (SSSR count). The quantitative estimate of drug-likeness (QED) is 0.591. The number of carbonyl (C=O) groups is 1. The van der Waals surface area contributed by atoms with Gasteiger partial charge >= 0.3 is 0 Å². The lowest BCUT2D eigenvalue weighted by Gasteiger charge is -2.47. The Kier molecular flexibility index (Phi) is 5.06. The third-order valence-electron chi connectivity index (χ3n) is 5.02. The van der Waals surface area contributed by atoms with E-state index in [0.717, 1.165) is 21.3 Å². The minimum Gasteiger partial charge on any atom is -0.271 e. The number of hydrazine groups is 1. The zero-order valence-corrected chi connectivity index (χ0v) is 17.9. The van der Waals surface area contributed by atoms with Gasteiger partial charge in [-0.3, -0.25) is 14.6 Å². The molecule has 0 radical (unpaired) electrons. The Bertz CT molecular complexity index is 1230. The van der Waals surface area contributed by atoms with Crippen molar-refractivity contribution in [2.24, 2.45) is 4.99 Å². The molecule has 1 fully saturated rings. The number of benzene rings is 2. The molecule has 1 amide bonds. The lowest BCUT2D eigenvalue weighted by Crippen LogP contribution is -2.62. The smallest absolute Gasteiger partial charge is 0.270 e. The number of hydroxylamine groups is 2. The fourth-order valence-corrected chi connectivity index (χ4v) is 6.03. The number of nitrogens with zero attached hydrogens (tertiary/aromatic N) is 4. The second-order valence-electron chi connectivity index (χ2n) is 6.95. The van der Waals surface area contributed by atoms with Crippen LogP contribution >= 0.6 is 11.3 Å². The predicted octanol–water partition coefficient (Wildman–Crippen LogP) is 3.30. The molecule has 3 aromatic rings. The number of sulfonamides is 1. The number of fused-ring (bicyclic) bond motifs is 3. The molecular weight excluding hydrogens is 436 g/mol. The van der Waals surface area contributed by atoms with E-state index in [1.54, 1.807) is 11.4 Å². The van der Waals surface area contributed by atoms with Gasteiger partial charge in [0.2, 0.25) is 0 Å². The molecule has 2 aliphatic heterocycles. The lowest BCUT2D eigenvalue weighted by atomic mass is 10.1. The molecule has 8 nitrogen and oxygen atoms in total. The van der Waals surface area contributed by atoms with Crippen molar-refractivity contribution in [2.75, 3.05) is 6.54 Å². The topological polar surface area (TPSA) is 82.5 Å². The van der Waals surface area contributed by atoms with Gasteiger partial charge in [0.1, 0.15) is 23.7 Å². The van der Waals surface area contributed by atoms with Crippen LogP contribution in [-0.2, 0) is 26.3 Å². The number of rotatable bonds is 5. The van der Waals surface area contributed by atoms with Crippen molar-refractivity contribution in [1.82, 2.24) is 14.5 Å². The summed E-state index contributed by atoms with van der Waals surface area (Å²) in [6.45, 7) is -0.215. The summed E-state index contributed by atoms with van der Waals surface area (Å²) in [5.41, 5.74) is 2.23. The van der Waals surface area contributed by atoms with Crippen LogP contribution in [0.3, 0.4) is 0 Å². The van der Waals surface area contributed by atoms with E-state index in [0.29, 0.717) is 11.3 Å². The number of thiophene rings is 1. The molecule has 1 atom stereocenters. The van der Waals surface area contributed by atoms with Crippen LogP contribution in [0.4, 0.5) is 5.69 Å². The summed E-state index contributed by atoms with van der Waals surface area (Å²) in [4.78, 5) is 23.5. The Morgan fingerprint density at radius 3 is 2.58 bits per heavy atom. The summed E-state index contributed by atoms with van der Waals surface area (Å²) in [6.07, 6.45) is 0.636. The molecule has 1 aromatic heterocycles. The molecular formula is C21H18N4O4S2. The van der Waals surface area contributed by atoms with Gasteiger partial charge in [-0.25, -0.2) is 13.4 Å². The third-order valence-corrected chi connectivity index (χ3v) is 8.12. The maximum Gasteiger partial charge on any atom is 0.270 e. The summed E-state index contributed by atoms with van der Waals surface area (Å²) in [6, 6.07) is 20.0. The number of aliphatic imine (C=N–C) groups is 1. The van der Waals surface area contributed by atoms with Gasteiger partial charge in [0, 0.05) is 5.56 Å². The molecule has 0 saturated carbocycles. The summed E-state index contributed by atoms with van der Waals surface area (Å²) in [5, 5.41) is 4.38. The predicted molar refractivity (Wildman–Crippen MR) is 115 cm³/mol. The maximum atomic E-state index is 13.3. The first-order chi connectivity index (χ1) is 15.1. The van der Waals surface area contributed by atoms with Crippen molar-refractivity contribution >= 4 is 39.3 Å². The molecule has 2 aromatic carbocycles. The average Bonchev–Trinajstić information content (AvgIpc) is 3.34. The Morgan fingerprint density at radius 2 is 1.81 bits per heavy atom. The third kappa shape index (κ3) is 3.53. The van der Waals surface area contributed by atoms with E-state index >= 15 is 0 Å². The van der Waals surface area contributed by atoms with E-state index in [1.165, 1.54) is 22.5 Å². The Balaban J connectivity index is 1.54. The SMILES string of the molecule is O=C1CN(S(=O)(=O)c2cccs2)N2C=Nc3ccccc3C2N1OCc1ccccc1. The van der Waals surface area contributed by atoms with Crippen LogP contribution in [0.25, 0.3) is 0 Å². The number of amides is 1. The van der Waals surface area contributed by atoms with E-state index in [9.17, 15) is 13.2 Å². The van der Waals surface area contributed by atoms with E-state index in [2.05, 4.69) is 4.99 Å². The van der Waals surface area contributed by atoms with Gasteiger partial charge in [-0.05, 0) is 23.1 Å². The van der Waals surface area contributed by atoms with Crippen molar-refractivity contribution in [3.8, 4) is 0 Å². The Labute approximate surface area is 183 Å². The molecule has 3 heterocycles. The standard InChI is InChI=1S/C21H18N4O4S2/c26-19-13-24(31(27,28)20-11-6-12-30-20)23-15-22-18-10-5-4-9-17(18)21(23)25(19)29-14-16-7-2-1-3-8-16/h1-12,15,21H,13-14H2. The summed E-state index contributed by atoms with van der Waals surface area (Å²) >= 11 is 1.10. The monoisotopic (exact) mass is 454 g/mol. The molecule has 31 heavy (non-hydrogen) atoms. The van der Waals surface area contributed by atoms with Crippen LogP contribution in [0, 0.1) is 0 Å². The normalized spacial score (nSPS) is 18.7. The summed E-state index contributed by atoms with van der Waals surface area (Å²) in [7, 11) is -3.93. The van der Waals surface area contributed by atoms with Gasteiger partial charge in [-0.1, -0.05) is 59.0 Å². The molecule has 2 aliphatic rings. The zero-order valence-electron chi connectivity index (χ0n) is 16.2. The van der Waals surface area contributed by atoms with Gasteiger partial charge < -0.3 is 0 Å². The second kappa shape index (κ2) is 7.89. The average molecular weight is 455 g/mol. The lowest BCUT2D eigenvalue weighted by molar-refractivity contribution is -0.248. The van der Waals surface area contributed by atoms with Gasteiger partial charge in [-0.15, -0.1) is 11.3 Å². The minimum atomic E-state index is -3.93. The van der Waals surface area contributed by atoms with Crippen molar-refractivity contribution in [3.63, 3.8) is 0 Å². The molecule has 0 bridgehead atoms. The van der Waals surface area contributed by atoms with E-state index in [1.807, 2.05) is 54.6 Å². The minimum absolute atomic E-state index is 0.157. The highest BCUT2D eigenvalue weighted by Gasteiger charge is 2.47. The Morgan fingerprint density at radius 1 is 1.03 bits per heavy atom. The van der Waals surface area contributed by atoms with Crippen molar-refractivity contribution in [3.05, 3.63) is 83.2 Å². The first-order valence-electron chi connectivity index (χ1n) is 9.52. The van der Waals surface area contributed by atoms with Crippen molar-refractivity contribution in [2.45, 2.75) is 17.0 Å². The van der Waals surface area contributed by atoms with E-state index < -0.39 is 22.1 Å². The van der Waals surface area contributed by atoms with E-state index in [4.69, 9.17) is 4.84 Å². The van der Waals surface area contributed by atoms with Gasteiger partial charge in [-0.2, -0.15) is 5.06 Å². The van der Waals surface area contributed by atoms with Crippen LogP contribution in [0.1, 0.15) is 17.3 Å². The Hall–Kier alpha value is -3.05. The van der Waals surface area contributed by atoms with Crippen LogP contribution in [0.2, 0.25) is 0 Å². The van der Waals surface area contributed by atoms with Crippen LogP contribution in [0.5, 0.6) is 0 Å². The number of carbonyl (C=O) groups excluding carboxylic acids is 1. The molecule has 0 spiro atoms. The van der Waals surface area contributed by atoms with E-state index in [-0.39, 0.29) is 17.4 Å². The van der Waals surface area contributed by atoms with Crippen LogP contribution in [-0.4, -0.2) is 41.7 Å². The number of hydrogen-bond donors (Lipinski definition) is 0. The van der Waals surface area contributed by atoms with Gasteiger partial charge in [0.05, 0.1) is 5.69 Å². The molecule has 0 aliphatic carbocycles. The first kappa shape index (κ1) is 19.9. The van der Waals surface area contributed by atoms with Crippen molar-refractivity contribution < 1.29 is 18.0 Å². The van der Waals surface area contributed by atoms with Crippen LogP contribution in [0.15, 0.2) is 81.3 Å². The number of hydrogen-bond acceptors (Lipinski definition) is 7. The number of para-hydroxylation sites is 1. The second-order valence-corrected chi connectivity index (χ2v) is 9.97. The van der Waals surface area contributed by atoms with Gasteiger partial charge in [0.15, 0.2) is 6.17 Å². The summed E-state index contributed by atoms with van der Waals surface area (Å²) in [5.74, 6) is -0.456. The molecule has 1 unspecified atom stereocenters. The molecule has 158 valence electrons. The fraction of sp³-hybridized carbons (Fsp3) is 0.143. The molecule has 1 saturated heterocycles. The first-order valence-corrected chi connectivity index (χ1v) is 11.8. The van der Waals surface area contributed by atoms with Crippen LogP contribution < -0.4 is 0 Å².